The maximum Gasteiger partial charge on any atom is 0.135 e. The van der Waals surface area contributed by atoms with Crippen molar-refractivity contribution < 1.29 is 25.8 Å². The van der Waals surface area contributed by atoms with Gasteiger partial charge >= 0.3 is 0 Å². The van der Waals surface area contributed by atoms with E-state index in [0.717, 1.165) is 71.8 Å². The fourth-order valence-electron chi connectivity index (χ4n) is 11.4. The molecule has 0 atom stereocenters. The van der Waals surface area contributed by atoms with Gasteiger partial charge in [-0.05, 0) is 141 Å². The molecule has 0 spiro atoms. The number of rotatable bonds is 6. The molecule has 3 aromatic heterocycles. The van der Waals surface area contributed by atoms with Crippen LogP contribution in [0.25, 0.3) is 93.2 Å². The third-order valence-corrected chi connectivity index (χ3v) is 15.6. The normalized spacial score (nSPS) is 12.7. The van der Waals surface area contributed by atoms with Crippen LogP contribution in [-0.2, 0) is 37.3 Å². The van der Waals surface area contributed by atoms with Crippen molar-refractivity contribution in [3.05, 3.63) is 236 Å². The Labute approximate surface area is 472 Å². The van der Waals surface area contributed by atoms with Gasteiger partial charge in [-0.15, -0.1) is 35.7 Å². The summed E-state index contributed by atoms with van der Waals surface area (Å²) in [5.74, 6) is 2.03. The van der Waals surface area contributed by atoms with E-state index >= 15 is 0 Å². The predicted octanol–water partition coefficient (Wildman–Crippen LogP) is 19.5. The van der Waals surface area contributed by atoms with Crippen LogP contribution in [-0.4, -0.2) is 14.1 Å². The van der Waals surface area contributed by atoms with Crippen LogP contribution in [0.5, 0.6) is 11.5 Å². The van der Waals surface area contributed by atoms with E-state index in [2.05, 4.69) is 277 Å². The molecular weight excluding hydrogens is 1130 g/mol. The molecule has 6 heteroatoms. The summed E-state index contributed by atoms with van der Waals surface area (Å²) in [6.45, 7) is 22.9. The number of fused-ring (bicyclic) bond motifs is 10. The summed E-state index contributed by atoms with van der Waals surface area (Å²) in [4.78, 5) is 7.19. The molecule has 1 aliphatic rings. The van der Waals surface area contributed by atoms with E-state index in [1.54, 1.807) is 0 Å². The van der Waals surface area contributed by atoms with E-state index < -0.39 is 0 Å². The second-order valence-corrected chi connectivity index (χ2v) is 23.8. The minimum Gasteiger partial charge on any atom is -0.509 e. The Bertz CT molecular complexity index is 4380. The second-order valence-electron chi connectivity index (χ2n) is 23.8. The van der Waals surface area contributed by atoms with Crippen molar-refractivity contribution in [2.24, 2.45) is 0 Å². The standard InChI is InChI=1S/C72H61N4O.Pt/c1-70(2,3)49-36-37-73-67(42-49)76-64-30-16-15-26-59(64)60-35-33-54(44-66(60)76)77-53-23-17-22-52(43-53)74-45-75-68-55(48-38-50(71(4,5)6)41-51(39-48)72(7,8)9)27-18-28-61(68)56-24-13-14-25-57(56)63-40-47(46-20-11-10-12-21-46)32-34-58(63)62-29-19-31-65(74)69(62)75;/h10-42,45H,1-9H3;/q-3;. The van der Waals surface area contributed by atoms with E-state index in [1.165, 1.54) is 49.5 Å². The second kappa shape index (κ2) is 19.1. The zero-order valence-electron chi connectivity index (χ0n) is 45.6. The Hall–Kier alpha value is -8.11. The Morgan fingerprint density at radius 1 is 0.436 bits per heavy atom. The summed E-state index contributed by atoms with van der Waals surface area (Å²) in [7, 11) is 0. The molecule has 0 N–H and O–H groups in total. The summed E-state index contributed by atoms with van der Waals surface area (Å²) < 4.78 is 11.5. The van der Waals surface area contributed by atoms with Gasteiger partial charge in [0, 0.05) is 50.0 Å². The van der Waals surface area contributed by atoms with Crippen molar-refractivity contribution in [1.29, 1.82) is 0 Å². The number of ether oxygens (including phenoxy) is 1. The first-order valence-corrected chi connectivity index (χ1v) is 26.8. The minimum absolute atomic E-state index is 0. The van der Waals surface area contributed by atoms with Crippen LogP contribution in [0.1, 0.15) is 79.0 Å². The molecule has 0 saturated carbocycles. The molecule has 12 aromatic rings. The molecule has 0 bridgehead atoms. The van der Waals surface area contributed by atoms with Crippen LogP contribution in [0.3, 0.4) is 0 Å². The van der Waals surface area contributed by atoms with Gasteiger partial charge in [-0.1, -0.05) is 207 Å². The number of benzene rings is 9. The first-order chi connectivity index (χ1) is 37.1. The molecule has 0 unspecified atom stereocenters. The van der Waals surface area contributed by atoms with Crippen LogP contribution in [0.15, 0.2) is 200 Å². The molecule has 5 nitrogen and oxygen atoms in total. The molecule has 13 rings (SSSR count). The number of pyridine rings is 1. The number of nitrogens with zero attached hydrogens (tertiary/aromatic N) is 4. The van der Waals surface area contributed by atoms with Crippen LogP contribution < -0.4 is 9.64 Å². The zero-order valence-corrected chi connectivity index (χ0v) is 47.9. The molecule has 0 aliphatic carbocycles. The molecular formula is C72H61N4OPt-3. The topological polar surface area (TPSA) is 35.2 Å². The molecule has 1 aliphatic heterocycles. The Kier molecular flexibility index (Phi) is 12.4. The summed E-state index contributed by atoms with van der Waals surface area (Å²) in [5.41, 5.74) is 14.4. The summed E-state index contributed by atoms with van der Waals surface area (Å²) >= 11 is 0. The SMILES string of the molecule is CC(C)(C)c1cc(-c2cccc3c4ccccc4c4cc(-c5ccccc5)ccc4c4cccc5c4n(c23)[CH-]N5c2[c-]c(Oc3[c-]c4c(cc3)c3ccccc3n4-c3cc(C(C)(C)C)ccn3)ccc2)cc(C(C)(C)C)c1.[Pt]. The monoisotopic (exact) mass is 1190 g/mol. The zero-order chi connectivity index (χ0) is 53.0. The molecule has 78 heavy (non-hydrogen) atoms. The van der Waals surface area contributed by atoms with E-state index in [1.807, 2.05) is 18.3 Å². The molecule has 388 valence electrons. The largest absolute Gasteiger partial charge is 0.509 e. The third kappa shape index (κ3) is 8.79. The van der Waals surface area contributed by atoms with Crippen molar-refractivity contribution in [2.75, 3.05) is 4.90 Å². The summed E-state index contributed by atoms with van der Waals surface area (Å²) in [5, 5.41) is 9.22. The van der Waals surface area contributed by atoms with E-state index in [-0.39, 0.29) is 37.3 Å². The van der Waals surface area contributed by atoms with Crippen LogP contribution in [0.4, 0.5) is 11.4 Å². The van der Waals surface area contributed by atoms with Gasteiger partial charge in [0.2, 0.25) is 0 Å². The number of para-hydroxylation sites is 3. The van der Waals surface area contributed by atoms with Gasteiger partial charge in [-0.25, -0.2) is 4.98 Å². The number of aromatic nitrogens is 3. The summed E-state index contributed by atoms with van der Waals surface area (Å²) in [6, 6.07) is 78.1. The molecule has 4 heterocycles. The molecule has 0 amide bonds. The first kappa shape index (κ1) is 50.7. The number of hydrogen-bond donors (Lipinski definition) is 0. The first-order valence-electron chi connectivity index (χ1n) is 26.8. The minimum atomic E-state index is -0.0716. The van der Waals surface area contributed by atoms with Crippen molar-refractivity contribution >= 4 is 76.5 Å². The van der Waals surface area contributed by atoms with Gasteiger partial charge < -0.3 is 18.8 Å². The number of anilines is 2. The molecule has 0 fully saturated rings. The Morgan fingerprint density at radius 3 is 1.77 bits per heavy atom. The number of hydrogen-bond acceptors (Lipinski definition) is 3. The van der Waals surface area contributed by atoms with E-state index in [9.17, 15) is 0 Å². The maximum absolute atomic E-state index is 6.83. The fourth-order valence-corrected chi connectivity index (χ4v) is 11.4. The van der Waals surface area contributed by atoms with Crippen LogP contribution >= 0.6 is 0 Å². The maximum atomic E-state index is 6.83. The molecule has 9 aromatic carbocycles. The van der Waals surface area contributed by atoms with Crippen LogP contribution in [0, 0.1) is 18.8 Å². The summed E-state index contributed by atoms with van der Waals surface area (Å²) in [6.07, 6.45) is 1.91. The van der Waals surface area contributed by atoms with Gasteiger partial charge in [-0.3, -0.25) is 0 Å². The van der Waals surface area contributed by atoms with Crippen molar-refractivity contribution in [1.82, 2.24) is 14.1 Å². The van der Waals surface area contributed by atoms with Gasteiger partial charge in [-0.2, -0.15) is 12.1 Å². The molecule has 0 radical (unpaired) electrons. The fraction of sp³-hybridized carbons (Fsp3) is 0.167. The predicted molar refractivity (Wildman–Crippen MR) is 324 cm³/mol. The Morgan fingerprint density at radius 2 is 1.04 bits per heavy atom. The third-order valence-electron chi connectivity index (χ3n) is 15.6. The van der Waals surface area contributed by atoms with E-state index in [4.69, 9.17) is 9.72 Å². The van der Waals surface area contributed by atoms with Gasteiger partial charge in [0.05, 0.1) is 0 Å². The van der Waals surface area contributed by atoms with E-state index in [0.29, 0.717) is 11.5 Å². The Balaban J connectivity index is 0.00000609. The van der Waals surface area contributed by atoms with Crippen molar-refractivity contribution in [3.63, 3.8) is 0 Å². The molecule has 0 saturated heterocycles. The van der Waals surface area contributed by atoms with Gasteiger partial charge in [0.15, 0.2) is 0 Å². The average Bonchev–Trinajstić information content (AvgIpc) is 4.21. The quantitative estimate of drug-likeness (QED) is 0.156. The van der Waals surface area contributed by atoms with Crippen molar-refractivity contribution in [2.45, 2.75) is 78.6 Å². The smallest absolute Gasteiger partial charge is 0.135 e. The van der Waals surface area contributed by atoms with Crippen molar-refractivity contribution in [3.8, 4) is 39.6 Å². The average molecular weight is 1190 g/mol. The van der Waals surface area contributed by atoms with Crippen LogP contribution in [0.2, 0.25) is 0 Å². The van der Waals surface area contributed by atoms with Gasteiger partial charge in [0.25, 0.3) is 0 Å². The van der Waals surface area contributed by atoms with Gasteiger partial charge in [0.1, 0.15) is 5.82 Å².